The normalized spacial score (nSPS) is 19.3. The minimum absolute atomic E-state index is 0.0210. The van der Waals surface area contributed by atoms with Crippen LogP contribution in [0.4, 0.5) is 0 Å². The topological polar surface area (TPSA) is 55.2 Å². The van der Waals surface area contributed by atoms with Gasteiger partial charge in [0, 0.05) is 30.8 Å². The number of hydrogen-bond acceptors (Lipinski definition) is 3. The van der Waals surface area contributed by atoms with Crippen LogP contribution in [0.25, 0.3) is 11.0 Å². The lowest BCUT2D eigenvalue weighted by atomic mass is 9.89. The van der Waals surface area contributed by atoms with Gasteiger partial charge in [-0.2, -0.15) is 0 Å². The Kier molecular flexibility index (Phi) is 4.87. The zero-order valence-electron chi connectivity index (χ0n) is 18.1. The molecule has 32 heavy (non-hydrogen) atoms. The van der Waals surface area contributed by atoms with E-state index in [-0.39, 0.29) is 11.8 Å². The molecule has 0 bridgehead atoms. The third-order valence-electron chi connectivity index (χ3n) is 7.11. The van der Waals surface area contributed by atoms with E-state index in [1.54, 1.807) is 0 Å². The van der Waals surface area contributed by atoms with E-state index in [0.29, 0.717) is 12.5 Å². The molecule has 0 amide bonds. The first-order chi connectivity index (χ1) is 15.8. The number of piperidine rings is 1. The molecule has 1 N–H and O–H groups in total. The summed E-state index contributed by atoms with van der Waals surface area (Å²) in [6.07, 6.45) is 4.45. The van der Waals surface area contributed by atoms with Crippen LogP contribution < -0.4 is 10.4 Å². The highest BCUT2D eigenvalue weighted by Crippen LogP contribution is 2.38. The molecule has 4 heterocycles. The molecule has 164 valence electrons. The summed E-state index contributed by atoms with van der Waals surface area (Å²) < 4.78 is 10.8. The van der Waals surface area contributed by atoms with E-state index in [2.05, 4.69) is 57.0 Å². The fraction of sp³-hybridized carbons (Fsp3) is 0.346. The van der Waals surface area contributed by atoms with E-state index in [1.807, 2.05) is 28.8 Å². The SMILES string of the molecule is O=c1[nH]c2ccccc2n1CCN1CCC(C2Oc3ccccc3Cn3cccc32)CC1. The van der Waals surface area contributed by atoms with Crippen molar-refractivity contribution in [2.24, 2.45) is 5.92 Å². The van der Waals surface area contributed by atoms with Gasteiger partial charge in [0.2, 0.25) is 0 Å². The lowest BCUT2D eigenvalue weighted by Gasteiger charge is -2.36. The van der Waals surface area contributed by atoms with Gasteiger partial charge in [-0.05, 0) is 56.3 Å². The fourth-order valence-corrected chi connectivity index (χ4v) is 5.35. The highest BCUT2D eigenvalue weighted by molar-refractivity contribution is 5.74. The highest BCUT2D eigenvalue weighted by Gasteiger charge is 2.33. The molecule has 1 saturated heterocycles. The lowest BCUT2D eigenvalue weighted by molar-refractivity contribution is 0.0729. The van der Waals surface area contributed by atoms with Crippen molar-refractivity contribution in [2.45, 2.75) is 32.0 Å². The molecule has 0 radical (unpaired) electrons. The molecule has 0 aliphatic carbocycles. The summed E-state index contributed by atoms with van der Waals surface area (Å²) in [5.74, 6) is 1.50. The quantitative estimate of drug-likeness (QED) is 0.534. The number of benzene rings is 2. The molecule has 1 unspecified atom stereocenters. The Bertz CT molecular complexity index is 1290. The number of likely N-dealkylation sites (tertiary alicyclic amines) is 1. The van der Waals surface area contributed by atoms with E-state index in [0.717, 1.165) is 55.8 Å². The highest BCUT2D eigenvalue weighted by atomic mass is 16.5. The Morgan fingerprint density at radius 3 is 2.66 bits per heavy atom. The van der Waals surface area contributed by atoms with Crippen LogP contribution in [0.1, 0.15) is 30.2 Å². The zero-order chi connectivity index (χ0) is 21.5. The van der Waals surface area contributed by atoms with Crippen LogP contribution in [0.15, 0.2) is 71.7 Å². The van der Waals surface area contributed by atoms with Gasteiger partial charge >= 0.3 is 5.69 Å². The van der Waals surface area contributed by atoms with Crippen LogP contribution in [0.5, 0.6) is 5.75 Å². The summed E-state index contributed by atoms with van der Waals surface area (Å²) in [6.45, 7) is 4.53. The number of aromatic amines is 1. The van der Waals surface area contributed by atoms with Crippen molar-refractivity contribution >= 4 is 11.0 Å². The molecule has 1 fully saturated rings. The minimum Gasteiger partial charge on any atom is -0.484 e. The first-order valence-corrected chi connectivity index (χ1v) is 11.6. The average molecular weight is 429 g/mol. The second-order valence-corrected chi connectivity index (χ2v) is 8.99. The van der Waals surface area contributed by atoms with E-state index >= 15 is 0 Å². The van der Waals surface area contributed by atoms with Crippen molar-refractivity contribution < 1.29 is 4.74 Å². The molecule has 0 saturated carbocycles. The van der Waals surface area contributed by atoms with Gasteiger partial charge in [0.15, 0.2) is 0 Å². The first kappa shape index (κ1) is 19.4. The number of nitrogens with zero attached hydrogens (tertiary/aromatic N) is 3. The number of para-hydroxylation sites is 3. The maximum atomic E-state index is 12.4. The van der Waals surface area contributed by atoms with Gasteiger partial charge in [-0.25, -0.2) is 4.79 Å². The van der Waals surface area contributed by atoms with Crippen LogP contribution in [-0.2, 0) is 13.1 Å². The standard InChI is InChI=1S/C26H28N4O2/c31-26-27-21-7-2-3-8-22(21)30(26)17-16-28-14-11-19(12-15-28)25-23-9-5-13-29(23)18-20-6-1-4-10-24(20)32-25/h1-10,13,19,25H,11-12,14-18H2,(H,27,31). The van der Waals surface area contributed by atoms with E-state index < -0.39 is 0 Å². The Morgan fingerprint density at radius 1 is 0.938 bits per heavy atom. The Morgan fingerprint density at radius 2 is 1.75 bits per heavy atom. The molecule has 1 atom stereocenters. The van der Waals surface area contributed by atoms with Crippen molar-refractivity contribution in [2.75, 3.05) is 19.6 Å². The smallest absolute Gasteiger partial charge is 0.326 e. The summed E-state index contributed by atoms with van der Waals surface area (Å²) in [6, 6.07) is 20.7. The van der Waals surface area contributed by atoms with Crippen molar-refractivity contribution in [3.63, 3.8) is 0 Å². The number of aromatic nitrogens is 3. The minimum atomic E-state index is -0.0210. The van der Waals surface area contributed by atoms with Crippen LogP contribution in [-0.4, -0.2) is 38.7 Å². The fourth-order valence-electron chi connectivity index (χ4n) is 5.35. The summed E-state index contributed by atoms with van der Waals surface area (Å²) in [7, 11) is 0. The van der Waals surface area contributed by atoms with Crippen molar-refractivity contribution in [3.8, 4) is 5.75 Å². The predicted molar refractivity (Wildman–Crippen MR) is 125 cm³/mol. The molecule has 4 aromatic rings. The van der Waals surface area contributed by atoms with Gasteiger partial charge in [0.1, 0.15) is 11.9 Å². The third kappa shape index (κ3) is 3.45. The molecular formula is C26H28N4O2. The van der Waals surface area contributed by atoms with Crippen molar-refractivity contribution in [3.05, 3.63) is 88.6 Å². The van der Waals surface area contributed by atoms with Gasteiger partial charge < -0.3 is 19.2 Å². The number of ether oxygens (including phenoxy) is 1. The van der Waals surface area contributed by atoms with E-state index in [9.17, 15) is 4.79 Å². The largest absolute Gasteiger partial charge is 0.484 e. The third-order valence-corrected chi connectivity index (χ3v) is 7.11. The molecule has 2 aromatic carbocycles. The van der Waals surface area contributed by atoms with Crippen LogP contribution >= 0.6 is 0 Å². The number of imidazole rings is 1. The second-order valence-electron chi connectivity index (χ2n) is 8.99. The van der Waals surface area contributed by atoms with Crippen LogP contribution in [0.3, 0.4) is 0 Å². The number of hydrogen-bond donors (Lipinski definition) is 1. The summed E-state index contributed by atoms with van der Waals surface area (Å²) >= 11 is 0. The van der Waals surface area contributed by atoms with Crippen LogP contribution in [0.2, 0.25) is 0 Å². The molecule has 6 rings (SSSR count). The van der Waals surface area contributed by atoms with Crippen LogP contribution in [0, 0.1) is 5.92 Å². The number of H-pyrrole nitrogens is 1. The summed E-state index contributed by atoms with van der Waals surface area (Å²) in [5.41, 5.74) is 4.40. The summed E-state index contributed by atoms with van der Waals surface area (Å²) in [4.78, 5) is 17.8. The van der Waals surface area contributed by atoms with Gasteiger partial charge in [0.05, 0.1) is 23.3 Å². The van der Waals surface area contributed by atoms with E-state index in [1.165, 1.54) is 11.3 Å². The molecule has 2 aromatic heterocycles. The number of fused-ring (bicyclic) bond motifs is 3. The summed E-state index contributed by atoms with van der Waals surface area (Å²) in [5, 5.41) is 0. The Hall–Kier alpha value is -3.25. The molecular weight excluding hydrogens is 400 g/mol. The van der Waals surface area contributed by atoms with E-state index in [4.69, 9.17) is 4.74 Å². The number of rotatable bonds is 4. The average Bonchev–Trinajstić information content (AvgIpc) is 3.36. The molecule has 6 heteroatoms. The molecule has 2 aliphatic heterocycles. The predicted octanol–water partition coefficient (Wildman–Crippen LogP) is 4.03. The second kappa shape index (κ2) is 8.02. The maximum absolute atomic E-state index is 12.4. The Labute approximate surface area is 187 Å². The van der Waals surface area contributed by atoms with Gasteiger partial charge in [-0.15, -0.1) is 0 Å². The van der Waals surface area contributed by atoms with Gasteiger partial charge in [0.25, 0.3) is 0 Å². The lowest BCUT2D eigenvalue weighted by Crippen LogP contribution is -2.39. The molecule has 6 nitrogen and oxygen atoms in total. The maximum Gasteiger partial charge on any atom is 0.326 e. The van der Waals surface area contributed by atoms with Gasteiger partial charge in [-0.3, -0.25) is 4.57 Å². The van der Waals surface area contributed by atoms with Crippen molar-refractivity contribution in [1.82, 2.24) is 19.0 Å². The van der Waals surface area contributed by atoms with Crippen molar-refractivity contribution in [1.29, 1.82) is 0 Å². The molecule has 0 spiro atoms. The monoisotopic (exact) mass is 428 g/mol. The number of nitrogens with one attached hydrogen (secondary N) is 1. The molecule has 2 aliphatic rings. The van der Waals surface area contributed by atoms with Gasteiger partial charge in [-0.1, -0.05) is 30.3 Å². The first-order valence-electron chi connectivity index (χ1n) is 11.6. The Balaban J connectivity index is 1.14. The zero-order valence-corrected chi connectivity index (χ0v) is 18.1.